The molecule has 20 heavy (non-hydrogen) atoms. The van der Waals surface area contributed by atoms with Gasteiger partial charge in [-0.25, -0.2) is 9.59 Å². The third-order valence-electron chi connectivity index (χ3n) is 3.20. The normalized spacial score (nSPS) is 53.4. The van der Waals surface area contributed by atoms with Crippen molar-refractivity contribution in [2.24, 2.45) is 0 Å². The first-order valence-electron chi connectivity index (χ1n) is 5.14. The van der Waals surface area contributed by atoms with Crippen LogP contribution in [0.15, 0.2) is 0 Å². The molecule has 5 N–H and O–H groups in total. The largest absolute Gasteiger partial charge is 0.515 e. The highest BCUT2D eigenvalue weighted by Crippen LogP contribution is 2.56. The molecule has 1 unspecified atom stereocenters. The fourth-order valence-electron chi connectivity index (χ4n) is 2.22. The summed E-state index contributed by atoms with van der Waals surface area (Å²) >= 11 is 0. The van der Waals surface area contributed by atoms with Gasteiger partial charge in [-0.1, -0.05) is 0 Å². The van der Waals surface area contributed by atoms with Crippen LogP contribution in [0.3, 0.4) is 0 Å². The van der Waals surface area contributed by atoms with E-state index in [1.165, 1.54) is 0 Å². The van der Waals surface area contributed by atoms with Crippen molar-refractivity contribution in [3.63, 3.8) is 0 Å². The molecule has 0 aromatic rings. The van der Waals surface area contributed by atoms with Crippen LogP contribution in [0.25, 0.3) is 0 Å². The quantitative estimate of drug-likeness (QED) is 0.300. The number of ether oxygens (including phenoxy) is 5. The van der Waals surface area contributed by atoms with Crippen LogP contribution in [-0.2, 0) is 23.7 Å². The lowest BCUT2D eigenvalue weighted by Crippen LogP contribution is -2.82. The van der Waals surface area contributed by atoms with Crippen molar-refractivity contribution in [2.75, 3.05) is 6.61 Å². The van der Waals surface area contributed by atoms with E-state index in [4.69, 9.17) is 5.11 Å². The summed E-state index contributed by atoms with van der Waals surface area (Å²) in [6.45, 7) is -1.12. The summed E-state index contributed by atoms with van der Waals surface area (Å²) in [7, 11) is 0. The molecule has 3 aliphatic rings. The first-order valence-corrected chi connectivity index (χ1v) is 5.14. The lowest BCUT2D eigenvalue weighted by molar-refractivity contribution is -0.553. The Balaban J connectivity index is 2.20. The molecule has 0 radical (unpaired) electrons. The van der Waals surface area contributed by atoms with E-state index in [0.29, 0.717) is 0 Å². The first kappa shape index (κ1) is 13.3. The minimum absolute atomic E-state index is 1.12. The number of carbonyl (C=O) groups excluding carboxylic acids is 2. The van der Waals surface area contributed by atoms with Gasteiger partial charge >= 0.3 is 35.6 Å². The molecule has 3 fully saturated rings. The Bertz CT molecular complexity index is 506. The third kappa shape index (κ3) is 1.12. The zero-order valence-corrected chi connectivity index (χ0v) is 9.38. The van der Waals surface area contributed by atoms with Gasteiger partial charge in [0.1, 0.15) is 0 Å². The molecule has 3 rings (SSSR count). The van der Waals surface area contributed by atoms with Crippen molar-refractivity contribution < 1.29 is 58.8 Å². The molecule has 3 heterocycles. The molecule has 0 aromatic heterocycles. The molecule has 0 spiro atoms. The Hall–Kier alpha value is -1.70. The fourth-order valence-corrected chi connectivity index (χ4v) is 2.22. The van der Waals surface area contributed by atoms with Gasteiger partial charge in [0, 0.05) is 0 Å². The van der Waals surface area contributed by atoms with Crippen molar-refractivity contribution in [1.29, 1.82) is 0 Å². The average Bonchev–Trinajstić information content (AvgIpc) is 2.70. The fraction of sp³-hybridized carbons (Fsp3) is 0.750. The van der Waals surface area contributed by atoms with Gasteiger partial charge in [0.25, 0.3) is 0 Å². The molecule has 0 bridgehead atoms. The van der Waals surface area contributed by atoms with E-state index in [0.717, 1.165) is 0 Å². The number of aliphatic hydroxyl groups is 5. The number of fused-ring (bicyclic) bond motifs is 3. The van der Waals surface area contributed by atoms with Crippen LogP contribution in [-0.4, -0.2) is 73.9 Å². The molecule has 12 nitrogen and oxygen atoms in total. The second-order valence-electron chi connectivity index (χ2n) is 4.26. The summed E-state index contributed by atoms with van der Waals surface area (Å²) in [6, 6.07) is 0. The van der Waals surface area contributed by atoms with Crippen molar-refractivity contribution in [1.82, 2.24) is 0 Å². The second-order valence-corrected chi connectivity index (χ2v) is 4.26. The van der Waals surface area contributed by atoms with E-state index in [1.807, 2.05) is 0 Å². The highest BCUT2D eigenvalue weighted by molar-refractivity contribution is 5.67. The molecule has 0 saturated carbocycles. The predicted octanol–water partition coefficient (Wildman–Crippen LogP) is -3.58. The Kier molecular flexibility index (Phi) is 2.20. The monoisotopic (exact) mass is 296 g/mol. The van der Waals surface area contributed by atoms with Gasteiger partial charge in [-0.2, -0.15) is 0 Å². The van der Waals surface area contributed by atoms with Gasteiger partial charge in [-0.05, 0) is 0 Å². The Morgan fingerprint density at radius 2 is 1.45 bits per heavy atom. The minimum Gasteiger partial charge on any atom is -0.393 e. The van der Waals surface area contributed by atoms with Crippen LogP contribution in [0.2, 0.25) is 0 Å². The summed E-state index contributed by atoms with van der Waals surface area (Å²) in [5, 5.41) is 49.3. The van der Waals surface area contributed by atoms with Crippen molar-refractivity contribution in [3.8, 4) is 0 Å². The second kappa shape index (κ2) is 3.30. The Morgan fingerprint density at radius 3 is 2.05 bits per heavy atom. The number of hydrogen-bond acceptors (Lipinski definition) is 12. The predicted molar refractivity (Wildman–Crippen MR) is 46.9 cm³/mol. The maximum absolute atomic E-state index is 11.1. The standard InChI is InChI=1S/C8H8O12/c9-1-2-5(12)6(13,18-3(10)17-5)7(14)8(15,16-2)20-4(11)19-7/h2,9,12-15H,1H2/t2-,5+,6+,7-,8?/m1/s1. The number of carbonyl (C=O) groups is 2. The van der Waals surface area contributed by atoms with Crippen LogP contribution in [0.4, 0.5) is 9.59 Å². The van der Waals surface area contributed by atoms with E-state index < -0.39 is 48.4 Å². The summed E-state index contributed by atoms with van der Waals surface area (Å²) < 4.78 is 21.3. The van der Waals surface area contributed by atoms with Gasteiger partial charge in [0.2, 0.25) is 0 Å². The molecule has 5 atom stereocenters. The van der Waals surface area contributed by atoms with E-state index >= 15 is 0 Å². The topological polar surface area (TPSA) is 181 Å². The molecule has 12 heteroatoms. The zero-order chi connectivity index (χ0) is 15.0. The smallest absolute Gasteiger partial charge is 0.393 e. The zero-order valence-electron chi connectivity index (χ0n) is 9.38. The lowest BCUT2D eigenvalue weighted by atomic mass is 9.87. The van der Waals surface area contributed by atoms with Crippen molar-refractivity contribution in [2.45, 2.75) is 29.4 Å². The summed E-state index contributed by atoms with van der Waals surface area (Å²) in [5.41, 5.74) is 0. The number of rotatable bonds is 1. The van der Waals surface area contributed by atoms with Crippen molar-refractivity contribution >= 4 is 12.3 Å². The van der Waals surface area contributed by atoms with Gasteiger partial charge < -0.3 is 44.5 Å². The van der Waals surface area contributed by atoms with Crippen LogP contribution < -0.4 is 0 Å². The van der Waals surface area contributed by atoms with Gasteiger partial charge in [-0.3, -0.25) is 4.74 Å². The van der Waals surface area contributed by atoms with Crippen molar-refractivity contribution in [3.05, 3.63) is 0 Å². The number of aliphatic hydroxyl groups excluding tert-OH is 1. The van der Waals surface area contributed by atoms with Gasteiger partial charge in [-0.15, -0.1) is 0 Å². The summed E-state index contributed by atoms with van der Waals surface area (Å²) in [5.74, 6) is -13.6. The molecule has 3 aliphatic heterocycles. The van der Waals surface area contributed by atoms with Crippen LogP contribution >= 0.6 is 0 Å². The third-order valence-corrected chi connectivity index (χ3v) is 3.20. The Morgan fingerprint density at radius 1 is 0.900 bits per heavy atom. The average molecular weight is 296 g/mol. The maximum Gasteiger partial charge on any atom is 0.515 e. The van der Waals surface area contributed by atoms with E-state index in [9.17, 15) is 30.0 Å². The van der Waals surface area contributed by atoms with Gasteiger partial charge in [0.05, 0.1) is 6.61 Å². The molecule has 0 amide bonds. The highest BCUT2D eigenvalue weighted by Gasteiger charge is 2.91. The van der Waals surface area contributed by atoms with E-state index in [1.54, 1.807) is 0 Å². The molecular weight excluding hydrogens is 288 g/mol. The minimum atomic E-state index is -3.55. The molecule has 112 valence electrons. The van der Waals surface area contributed by atoms with Crippen LogP contribution in [0, 0.1) is 0 Å². The molecular formula is C8H8O12. The molecule has 0 aliphatic carbocycles. The summed E-state index contributed by atoms with van der Waals surface area (Å²) in [4.78, 5) is 22.2. The van der Waals surface area contributed by atoms with Crippen LogP contribution in [0.5, 0.6) is 0 Å². The summed E-state index contributed by atoms with van der Waals surface area (Å²) in [6.07, 6.45) is -5.41. The SMILES string of the molecule is O=C1O[C@@]2(O)[C@@](O)(O1)[C@@H](CO)OC1(O)OC(=O)O[C@@]12O. The molecule has 0 aromatic carbocycles. The highest BCUT2D eigenvalue weighted by atomic mass is 17.0. The van der Waals surface area contributed by atoms with Gasteiger partial charge in [0.15, 0.2) is 6.10 Å². The maximum atomic E-state index is 11.1. The lowest BCUT2D eigenvalue weighted by Gasteiger charge is -2.49. The Labute approximate surface area is 108 Å². The van der Waals surface area contributed by atoms with E-state index in [-0.39, 0.29) is 0 Å². The first-order chi connectivity index (χ1) is 9.12. The molecule has 3 saturated heterocycles. The number of hydrogen-bond donors (Lipinski definition) is 5. The van der Waals surface area contributed by atoms with E-state index in [2.05, 4.69) is 23.7 Å². The van der Waals surface area contributed by atoms with Crippen LogP contribution in [0.1, 0.15) is 0 Å².